The predicted octanol–water partition coefficient (Wildman–Crippen LogP) is 3.61. The van der Waals surface area contributed by atoms with Gasteiger partial charge in [0.25, 0.3) is 11.8 Å². The Morgan fingerprint density at radius 3 is 2.55 bits per heavy atom. The number of carbonyl (C=O) groups excluding carboxylic acids is 2. The molecule has 0 bridgehead atoms. The van der Waals surface area contributed by atoms with Crippen LogP contribution < -0.4 is 10.7 Å². The minimum atomic E-state index is -4.57. The topological polar surface area (TPSA) is 88.4 Å². The average Bonchev–Trinajstić information content (AvgIpc) is 3.18. The van der Waals surface area contributed by atoms with Crippen LogP contribution in [0.25, 0.3) is 0 Å². The molecule has 2 amide bonds. The van der Waals surface area contributed by atoms with E-state index in [1.165, 1.54) is 6.21 Å². The number of carbonyl (C=O) groups is 2. The lowest BCUT2D eigenvalue weighted by Crippen LogP contribution is -2.23. The van der Waals surface area contributed by atoms with Gasteiger partial charge >= 0.3 is 6.18 Å². The number of halogens is 3. The smallest absolute Gasteiger partial charge is 0.322 e. The Bertz CT molecular complexity index is 1100. The van der Waals surface area contributed by atoms with Crippen molar-refractivity contribution in [1.82, 2.24) is 15.2 Å². The van der Waals surface area contributed by atoms with E-state index in [1.807, 2.05) is 19.1 Å². The van der Waals surface area contributed by atoms with E-state index in [0.29, 0.717) is 16.8 Å². The summed E-state index contributed by atoms with van der Waals surface area (Å²) in [6.07, 6.45) is -2.16. The summed E-state index contributed by atoms with van der Waals surface area (Å²) in [5.41, 5.74) is 3.85. The van der Waals surface area contributed by atoms with Gasteiger partial charge in [0.2, 0.25) is 0 Å². The molecular weight excluding hydrogens is 411 g/mol. The maximum absolute atomic E-state index is 12.5. The van der Waals surface area contributed by atoms with Crippen molar-refractivity contribution in [3.05, 3.63) is 83.2 Å². The fourth-order valence-corrected chi connectivity index (χ4v) is 2.57. The summed E-state index contributed by atoms with van der Waals surface area (Å²) >= 11 is 0. The number of anilines is 1. The van der Waals surface area contributed by atoms with Crippen LogP contribution in [-0.2, 0) is 17.5 Å². The van der Waals surface area contributed by atoms with Crippen molar-refractivity contribution in [2.45, 2.75) is 19.6 Å². The summed E-state index contributed by atoms with van der Waals surface area (Å²) < 4.78 is 38.5. The Kier molecular flexibility index (Phi) is 6.49. The molecule has 0 radical (unpaired) electrons. The molecule has 3 aromatic rings. The van der Waals surface area contributed by atoms with Gasteiger partial charge in [-0.15, -0.1) is 0 Å². The van der Waals surface area contributed by atoms with Crippen LogP contribution in [0.5, 0.6) is 0 Å². The highest BCUT2D eigenvalue weighted by Crippen LogP contribution is 2.27. The zero-order valence-electron chi connectivity index (χ0n) is 16.3. The summed E-state index contributed by atoms with van der Waals surface area (Å²) in [5.74, 6) is -0.906. The van der Waals surface area contributed by atoms with Crippen molar-refractivity contribution < 1.29 is 22.8 Å². The van der Waals surface area contributed by atoms with Gasteiger partial charge in [0, 0.05) is 17.4 Å². The van der Waals surface area contributed by atoms with Crippen molar-refractivity contribution in [1.29, 1.82) is 0 Å². The number of benzene rings is 2. The van der Waals surface area contributed by atoms with E-state index in [4.69, 9.17) is 0 Å². The maximum atomic E-state index is 12.5. The molecule has 0 saturated heterocycles. The summed E-state index contributed by atoms with van der Waals surface area (Å²) in [6.45, 7) is 1.51. The zero-order valence-corrected chi connectivity index (χ0v) is 16.3. The number of nitrogens with zero attached hydrogens (tertiary/aromatic N) is 3. The molecule has 1 aromatic heterocycles. The second-order valence-electron chi connectivity index (χ2n) is 6.64. The van der Waals surface area contributed by atoms with Crippen molar-refractivity contribution in [3.63, 3.8) is 0 Å². The highest BCUT2D eigenvalue weighted by Gasteiger charge is 2.33. The van der Waals surface area contributed by atoms with Crippen molar-refractivity contribution in [3.8, 4) is 0 Å². The van der Waals surface area contributed by atoms with Gasteiger partial charge in [-0.2, -0.15) is 23.4 Å². The fraction of sp³-hybridized carbons (Fsp3) is 0.143. The van der Waals surface area contributed by atoms with Crippen LogP contribution in [0.15, 0.2) is 65.9 Å². The third kappa shape index (κ3) is 6.26. The van der Waals surface area contributed by atoms with Gasteiger partial charge in [-0.25, -0.2) is 5.43 Å². The van der Waals surface area contributed by atoms with Gasteiger partial charge in [0.15, 0.2) is 5.69 Å². The van der Waals surface area contributed by atoms with Crippen LogP contribution in [-0.4, -0.2) is 27.8 Å². The molecule has 0 saturated carbocycles. The summed E-state index contributed by atoms with van der Waals surface area (Å²) in [4.78, 5) is 24.1. The molecule has 0 aliphatic carbocycles. The molecule has 2 N–H and O–H groups in total. The second-order valence-corrected chi connectivity index (χ2v) is 6.64. The molecule has 31 heavy (non-hydrogen) atoms. The molecular formula is C21H18F3N5O2. The van der Waals surface area contributed by atoms with Gasteiger partial charge in [-0.1, -0.05) is 29.8 Å². The highest BCUT2D eigenvalue weighted by atomic mass is 19.4. The Morgan fingerprint density at radius 1 is 1.13 bits per heavy atom. The fourth-order valence-electron chi connectivity index (χ4n) is 2.57. The molecule has 2 aromatic carbocycles. The standard InChI is InChI=1S/C21H18F3N5O2/c1-14-5-7-16(8-6-14)20(31)26-17-4-2-3-15(11-17)12-25-27-19(30)13-29-10-9-18(28-29)21(22,23)24/h2-12H,13H2,1H3,(H,26,31)(H,27,30). The van der Waals surface area contributed by atoms with Crippen LogP contribution in [0.4, 0.5) is 18.9 Å². The molecule has 3 rings (SSSR count). The van der Waals surface area contributed by atoms with Gasteiger partial charge < -0.3 is 5.32 Å². The molecule has 1 heterocycles. The minimum Gasteiger partial charge on any atom is -0.322 e. The number of amides is 2. The third-order valence-electron chi connectivity index (χ3n) is 4.10. The van der Waals surface area contributed by atoms with E-state index in [9.17, 15) is 22.8 Å². The quantitative estimate of drug-likeness (QED) is 0.464. The molecule has 160 valence electrons. The van der Waals surface area contributed by atoms with E-state index in [1.54, 1.807) is 36.4 Å². The Hall–Kier alpha value is -3.95. The molecule has 0 aliphatic rings. The van der Waals surface area contributed by atoms with E-state index < -0.39 is 24.3 Å². The summed E-state index contributed by atoms with van der Waals surface area (Å²) in [7, 11) is 0. The Labute approximate surface area is 175 Å². The second kappa shape index (κ2) is 9.24. The molecule has 0 unspecified atom stereocenters. The van der Waals surface area contributed by atoms with Crippen LogP contribution >= 0.6 is 0 Å². The van der Waals surface area contributed by atoms with Crippen LogP contribution in [0.2, 0.25) is 0 Å². The van der Waals surface area contributed by atoms with Gasteiger partial charge in [0.1, 0.15) is 6.54 Å². The van der Waals surface area contributed by atoms with Gasteiger partial charge in [-0.3, -0.25) is 14.3 Å². The number of hydrogen-bond acceptors (Lipinski definition) is 4. The normalized spacial score (nSPS) is 11.5. The van der Waals surface area contributed by atoms with Crippen molar-refractivity contribution in [2.24, 2.45) is 5.10 Å². The number of rotatable bonds is 6. The van der Waals surface area contributed by atoms with E-state index >= 15 is 0 Å². The minimum absolute atomic E-state index is 0.264. The van der Waals surface area contributed by atoms with Crippen molar-refractivity contribution in [2.75, 3.05) is 5.32 Å². The first-order chi connectivity index (χ1) is 14.7. The number of hydrogen-bond donors (Lipinski definition) is 2. The number of alkyl halides is 3. The average molecular weight is 429 g/mol. The molecule has 0 fully saturated rings. The lowest BCUT2D eigenvalue weighted by molar-refractivity contribution is -0.141. The number of aromatic nitrogens is 2. The van der Waals surface area contributed by atoms with Gasteiger partial charge in [-0.05, 0) is 42.8 Å². The van der Waals surface area contributed by atoms with E-state index in [-0.39, 0.29) is 5.91 Å². The van der Waals surface area contributed by atoms with Gasteiger partial charge in [0.05, 0.1) is 6.21 Å². The molecule has 10 heteroatoms. The first kappa shape index (κ1) is 21.8. The predicted molar refractivity (Wildman–Crippen MR) is 109 cm³/mol. The number of hydrazone groups is 1. The number of aryl methyl sites for hydroxylation is 1. The molecule has 7 nitrogen and oxygen atoms in total. The highest BCUT2D eigenvalue weighted by molar-refractivity contribution is 6.04. The lowest BCUT2D eigenvalue weighted by Gasteiger charge is -2.06. The zero-order chi connectivity index (χ0) is 22.4. The maximum Gasteiger partial charge on any atom is 0.435 e. The van der Waals surface area contributed by atoms with E-state index in [0.717, 1.165) is 22.5 Å². The molecule has 0 aliphatic heterocycles. The molecule has 0 atom stereocenters. The Morgan fingerprint density at radius 2 is 1.87 bits per heavy atom. The Balaban J connectivity index is 1.55. The largest absolute Gasteiger partial charge is 0.435 e. The SMILES string of the molecule is Cc1ccc(C(=O)Nc2cccc(C=NNC(=O)Cn3ccc(C(F)(F)F)n3)c2)cc1. The van der Waals surface area contributed by atoms with Crippen molar-refractivity contribution >= 4 is 23.7 Å². The van der Waals surface area contributed by atoms with Crippen LogP contribution in [0, 0.1) is 6.92 Å². The van der Waals surface area contributed by atoms with Crippen LogP contribution in [0.3, 0.4) is 0 Å². The molecule has 0 spiro atoms. The summed E-state index contributed by atoms with van der Waals surface area (Å²) in [6, 6.07) is 14.7. The lowest BCUT2D eigenvalue weighted by atomic mass is 10.1. The van der Waals surface area contributed by atoms with E-state index in [2.05, 4.69) is 20.9 Å². The summed E-state index contributed by atoms with van der Waals surface area (Å²) in [5, 5.41) is 9.85. The third-order valence-corrected chi connectivity index (χ3v) is 4.10. The number of nitrogens with one attached hydrogen (secondary N) is 2. The van der Waals surface area contributed by atoms with Crippen LogP contribution in [0.1, 0.15) is 27.2 Å². The first-order valence-corrected chi connectivity index (χ1v) is 9.11. The first-order valence-electron chi connectivity index (χ1n) is 9.11. The monoisotopic (exact) mass is 429 g/mol.